The van der Waals surface area contributed by atoms with Crippen LogP contribution in [0.4, 0.5) is 0 Å². The first-order valence-electron chi connectivity index (χ1n) is 8.16. The Balaban J connectivity index is 1.65. The Bertz CT molecular complexity index is 867. The Labute approximate surface area is 146 Å². The Hall–Kier alpha value is -1.89. The fourth-order valence-electron chi connectivity index (χ4n) is 3.43. The van der Waals surface area contributed by atoms with E-state index in [0.29, 0.717) is 0 Å². The lowest BCUT2D eigenvalue weighted by Crippen LogP contribution is -2.46. The smallest absolute Gasteiger partial charge is 0.127 e. The number of aromatic nitrogens is 4. The summed E-state index contributed by atoms with van der Waals surface area (Å²) in [4.78, 5) is 11.8. The fraction of sp³-hybridized carbons (Fsp3) is 0.412. The van der Waals surface area contributed by atoms with Crippen molar-refractivity contribution in [3.8, 4) is 0 Å². The highest BCUT2D eigenvalue weighted by molar-refractivity contribution is 6.31. The Kier molecular flexibility index (Phi) is 4.04. The number of aryl methyl sites for hydroxylation is 2. The van der Waals surface area contributed by atoms with Crippen LogP contribution in [0.25, 0.3) is 11.0 Å². The van der Waals surface area contributed by atoms with E-state index in [1.54, 1.807) is 0 Å². The summed E-state index contributed by atoms with van der Waals surface area (Å²) in [7, 11) is 4.11. The van der Waals surface area contributed by atoms with Gasteiger partial charge < -0.3 is 14.5 Å². The van der Waals surface area contributed by atoms with E-state index in [9.17, 15) is 0 Å². The maximum atomic E-state index is 6.10. The third-order valence-electron chi connectivity index (χ3n) is 4.79. The number of hydrogen-bond donors (Lipinski definition) is 1. The molecule has 24 heavy (non-hydrogen) atoms. The molecular formula is C17H21ClN6. The summed E-state index contributed by atoms with van der Waals surface area (Å²) in [6.07, 6.45) is 3.86. The molecule has 7 heteroatoms. The van der Waals surface area contributed by atoms with Gasteiger partial charge in [0.1, 0.15) is 11.6 Å². The summed E-state index contributed by atoms with van der Waals surface area (Å²) in [6, 6.07) is 6.12. The quantitative estimate of drug-likeness (QED) is 0.790. The predicted octanol–water partition coefficient (Wildman–Crippen LogP) is 2.11. The van der Waals surface area contributed by atoms with Gasteiger partial charge in [0.05, 0.1) is 23.6 Å². The monoisotopic (exact) mass is 344 g/mol. The standard InChI is InChI=1S/C17H21ClN6/c1-22-7-6-20-17(22)15-10-19-5-8-24(15)11-16-21-13-9-12(18)3-4-14(13)23(16)2/h3-4,6-7,9,15,19H,5,8,10-11H2,1-2H3. The first-order chi connectivity index (χ1) is 11.6. The van der Waals surface area contributed by atoms with E-state index < -0.39 is 0 Å². The van der Waals surface area contributed by atoms with Crippen LogP contribution in [-0.4, -0.2) is 43.6 Å². The van der Waals surface area contributed by atoms with Crippen molar-refractivity contribution in [1.82, 2.24) is 29.3 Å². The number of halogens is 1. The Morgan fingerprint density at radius 3 is 3.00 bits per heavy atom. The molecule has 1 saturated heterocycles. The lowest BCUT2D eigenvalue weighted by atomic mass is 10.1. The number of rotatable bonds is 3. The van der Waals surface area contributed by atoms with Gasteiger partial charge in [0.2, 0.25) is 0 Å². The predicted molar refractivity (Wildman–Crippen MR) is 95.0 cm³/mol. The minimum absolute atomic E-state index is 0.252. The van der Waals surface area contributed by atoms with Crippen LogP contribution >= 0.6 is 11.6 Å². The second-order valence-corrected chi connectivity index (χ2v) is 6.74. The second kappa shape index (κ2) is 6.20. The van der Waals surface area contributed by atoms with Gasteiger partial charge in [-0.3, -0.25) is 4.90 Å². The third kappa shape index (κ3) is 2.70. The van der Waals surface area contributed by atoms with Crippen molar-refractivity contribution in [3.63, 3.8) is 0 Å². The molecule has 2 aromatic heterocycles. The lowest BCUT2D eigenvalue weighted by Gasteiger charge is -2.35. The van der Waals surface area contributed by atoms with Crippen LogP contribution < -0.4 is 5.32 Å². The highest BCUT2D eigenvalue weighted by atomic mass is 35.5. The van der Waals surface area contributed by atoms with Gasteiger partial charge in [-0.25, -0.2) is 9.97 Å². The van der Waals surface area contributed by atoms with Crippen molar-refractivity contribution in [2.75, 3.05) is 19.6 Å². The minimum Gasteiger partial charge on any atom is -0.337 e. The SMILES string of the molecule is Cn1ccnc1C1CNCCN1Cc1nc2cc(Cl)ccc2n1C. The average Bonchev–Trinajstić information content (AvgIpc) is 3.12. The second-order valence-electron chi connectivity index (χ2n) is 6.31. The number of benzene rings is 1. The Morgan fingerprint density at radius 1 is 1.33 bits per heavy atom. The topological polar surface area (TPSA) is 50.9 Å². The highest BCUT2D eigenvalue weighted by Gasteiger charge is 2.27. The number of nitrogens with one attached hydrogen (secondary N) is 1. The van der Waals surface area contributed by atoms with Gasteiger partial charge in [-0.05, 0) is 18.2 Å². The molecule has 0 radical (unpaired) electrons. The summed E-state index contributed by atoms with van der Waals surface area (Å²) in [6.45, 7) is 3.65. The van der Waals surface area contributed by atoms with Crippen LogP contribution in [0.1, 0.15) is 17.7 Å². The van der Waals surface area contributed by atoms with Gasteiger partial charge in [0, 0.05) is 51.1 Å². The van der Waals surface area contributed by atoms with Gasteiger partial charge in [-0.2, -0.15) is 0 Å². The molecule has 0 spiro atoms. The number of fused-ring (bicyclic) bond motifs is 1. The first-order valence-corrected chi connectivity index (χ1v) is 8.54. The summed E-state index contributed by atoms with van der Waals surface area (Å²) in [5.74, 6) is 2.14. The normalized spacial score (nSPS) is 19.2. The van der Waals surface area contributed by atoms with Crippen LogP contribution in [-0.2, 0) is 20.6 Å². The average molecular weight is 345 g/mol. The van der Waals surface area contributed by atoms with Crippen LogP contribution in [0.2, 0.25) is 5.02 Å². The molecule has 1 atom stereocenters. The fourth-order valence-corrected chi connectivity index (χ4v) is 3.60. The van der Waals surface area contributed by atoms with Crippen LogP contribution in [0.5, 0.6) is 0 Å². The zero-order valence-electron chi connectivity index (χ0n) is 13.9. The zero-order valence-corrected chi connectivity index (χ0v) is 14.7. The van der Waals surface area contributed by atoms with E-state index >= 15 is 0 Å². The maximum absolute atomic E-state index is 6.10. The largest absolute Gasteiger partial charge is 0.337 e. The highest BCUT2D eigenvalue weighted by Crippen LogP contribution is 2.25. The van der Waals surface area contributed by atoms with Crippen molar-refractivity contribution in [2.24, 2.45) is 14.1 Å². The lowest BCUT2D eigenvalue weighted by molar-refractivity contribution is 0.140. The van der Waals surface area contributed by atoms with E-state index in [-0.39, 0.29) is 6.04 Å². The van der Waals surface area contributed by atoms with Crippen LogP contribution in [0, 0.1) is 0 Å². The van der Waals surface area contributed by atoms with Crippen LogP contribution in [0.15, 0.2) is 30.6 Å². The molecule has 126 valence electrons. The molecule has 3 heterocycles. The van der Waals surface area contributed by atoms with E-state index in [1.165, 1.54) is 0 Å². The molecular weight excluding hydrogens is 324 g/mol. The van der Waals surface area contributed by atoms with E-state index in [2.05, 4.69) is 31.4 Å². The van der Waals surface area contributed by atoms with Crippen molar-refractivity contribution < 1.29 is 0 Å². The van der Waals surface area contributed by atoms with Gasteiger partial charge in [-0.15, -0.1) is 0 Å². The molecule has 0 saturated carbocycles. The molecule has 1 aliphatic heterocycles. The van der Waals surface area contributed by atoms with E-state index in [0.717, 1.165) is 53.9 Å². The molecule has 1 unspecified atom stereocenters. The maximum Gasteiger partial charge on any atom is 0.127 e. The van der Waals surface area contributed by atoms with Gasteiger partial charge >= 0.3 is 0 Å². The summed E-state index contributed by atoms with van der Waals surface area (Å²) >= 11 is 6.10. The molecule has 6 nitrogen and oxygen atoms in total. The molecule has 0 bridgehead atoms. The molecule has 1 fully saturated rings. The zero-order chi connectivity index (χ0) is 16.7. The number of piperazine rings is 1. The third-order valence-corrected chi connectivity index (χ3v) is 5.03. The van der Waals surface area contributed by atoms with Crippen molar-refractivity contribution >= 4 is 22.6 Å². The molecule has 4 rings (SSSR count). The summed E-state index contributed by atoms with van der Waals surface area (Å²) in [5.41, 5.74) is 2.06. The van der Waals surface area contributed by atoms with Gasteiger partial charge in [-0.1, -0.05) is 11.6 Å². The first kappa shape index (κ1) is 15.6. The number of imidazole rings is 2. The van der Waals surface area contributed by atoms with Gasteiger partial charge in [0.25, 0.3) is 0 Å². The van der Waals surface area contributed by atoms with E-state index in [1.807, 2.05) is 37.6 Å². The number of hydrogen-bond acceptors (Lipinski definition) is 4. The molecule has 0 aliphatic carbocycles. The molecule has 1 N–H and O–H groups in total. The summed E-state index contributed by atoms with van der Waals surface area (Å²) < 4.78 is 4.25. The Morgan fingerprint density at radius 2 is 2.21 bits per heavy atom. The van der Waals surface area contributed by atoms with Crippen molar-refractivity contribution in [1.29, 1.82) is 0 Å². The molecule has 0 amide bonds. The van der Waals surface area contributed by atoms with Gasteiger partial charge in [0.15, 0.2) is 0 Å². The molecule has 1 aromatic carbocycles. The van der Waals surface area contributed by atoms with Crippen molar-refractivity contribution in [3.05, 3.63) is 47.3 Å². The number of nitrogens with zero attached hydrogens (tertiary/aromatic N) is 5. The molecule has 1 aliphatic rings. The molecule has 3 aromatic rings. The van der Waals surface area contributed by atoms with Crippen molar-refractivity contribution in [2.45, 2.75) is 12.6 Å². The van der Waals surface area contributed by atoms with E-state index in [4.69, 9.17) is 16.6 Å². The summed E-state index contributed by atoms with van der Waals surface area (Å²) in [5, 5.41) is 4.20. The van der Waals surface area contributed by atoms with Crippen LogP contribution in [0.3, 0.4) is 0 Å². The minimum atomic E-state index is 0.252.